The number of amides is 1. The topological polar surface area (TPSA) is 20.3 Å². The fourth-order valence-corrected chi connectivity index (χ4v) is 4.54. The number of hydrogen-bond donors (Lipinski definition) is 0. The Morgan fingerprint density at radius 2 is 1.95 bits per heavy atom. The summed E-state index contributed by atoms with van der Waals surface area (Å²) in [5.41, 5.74) is 3.79. The van der Waals surface area contributed by atoms with Crippen LogP contribution in [0.3, 0.4) is 0 Å². The van der Waals surface area contributed by atoms with Crippen LogP contribution >= 0.6 is 11.8 Å². The second-order valence-corrected chi connectivity index (χ2v) is 7.04. The number of benzene rings is 1. The van der Waals surface area contributed by atoms with E-state index in [1.54, 1.807) is 0 Å². The molecule has 1 amide bonds. The van der Waals surface area contributed by atoms with Crippen LogP contribution in [0.15, 0.2) is 41.5 Å². The first-order valence-electron chi connectivity index (χ1n) is 7.99. The fraction of sp³-hybridized carbons (Fsp3) is 0.500. The molecule has 0 bridgehead atoms. The summed E-state index contributed by atoms with van der Waals surface area (Å²) in [5.74, 6) is 1.42. The lowest BCUT2D eigenvalue weighted by Crippen LogP contribution is -2.33. The van der Waals surface area contributed by atoms with Crippen molar-refractivity contribution in [1.29, 1.82) is 0 Å². The molecule has 1 aliphatic heterocycles. The van der Waals surface area contributed by atoms with Crippen LogP contribution in [0, 0.1) is 0 Å². The number of carbonyl (C=O) groups excluding carboxylic acids is 1. The maximum atomic E-state index is 12.8. The van der Waals surface area contributed by atoms with E-state index in [0.717, 1.165) is 37.1 Å². The SMILES string of the molecule is CCCS[C@H]1C2=C(CCCC2)C(=O)N1Cc1ccccc1. The molecule has 1 atom stereocenters. The molecule has 2 aliphatic rings. The van der Waals surface area contributed by atoms with Gasteiger partial charge in [-0.25, -0.2) is 0 Å². The maximum absolute atomic E-state index is 12.8. The number of thioether (sulfide) groups is 1. The highest BCUT2D eigenvalue weighted by Crippen LogP contribution is 2.41. The fourth-order valence-electron chi connectivity index (χ4n) is 3.27. The van der Waals surface area contributed by atoms with Gasteiger partial charge >= 0.3 is 0 Å². The number of carbonyl (C=O) groups is 1. The zero-order valence-electron chi connectivity index (χ0n) is 12.7. The Morgan fingerprint density at radius 3 is 2.71 bits per heavy atom. The van der Waals surface area contributed by atoms with Gasteiger partial charge in [0.2, 0.25) is 0 Å². The number of hydrogen-bond acceptors (Lipinski definition) is 2. The molecule has 0 saturated carbocycles. The van der Waals surface area contributed by atoms with Crippen molar-refractivity contribution in [1.82, 2.24) is 4.90 Å². The summed E-state index contributed by atoms with van der Waals surface area (Å²) >= 11 is 1.95. The van der Waals surface area contributed by atoms with Crippen molar-refractivity contribution < 1.29 is 4.79 Å². The Morgan fingerprint density at radius 1 is 1.19 bits per heavy atom. The molecule has 1 aromatic rings. The molecule has 112 valence electrons. The Bertz CT molecular complexity index is 537. The highest BCUT2D eigenvalue weighted by atomic mass is 32.2. The number of nitrogens with zero attached hydrogens (tertiary/aromatic N) is 1. The molecular weight excluding hydrogens is 278 g/mol. The molecule has 1 aliphatic carbocycles. The maximum Gasteiger partial charge on any atom is 0.251 e. The minimum Gasteiger partial charge on any atom is -0.319 e. The molecule has 21 heavy (non-hydrogen) atoms. The third-order valence-electron chi connectivity index (χ3n) is 4.29. The van der Waals surface area contributed by atoms with Gasteiger partial charge in [-0.05, 0) is 49.0 Å². The lowest BCUT2D eigenvalue weighted by atomic mass is 9.94. The van der Waals surface area contributed by atoms with Crippen molar-refractivity contribution in [3.63, 3.8) is 0 Å². The smallest absolute Gasteiger partial charge is 0.251 e. The summed E-state index contributed by atoms with van der Waals surface area (Å²) in [5, 5.41) is 0.285. The van der Waals surface area contributed by atoms with E-state index in [4.69, 9.17) is 0 Å². The van der Waals surface area contributed by atoms with Crippen LogP contribution < -0.4 is 0 Å². The highest BCUT2D eigenvalue weighted by molar-refractivity contribution is 8.00. The second-order valence-electron chi connectivity index (χ2n) is 5.85. The lowest BCUT2D eigenvalue weighted by Gasteiger charge is -2.27. The molecule has 0 unspecified atom stereocenters. The van der Waals surface area contributed by atoms with Gasteiger partial charge in [-0.2, -0.15) is 0 Å². The zero-order chi connectivity index (χ0) is 14.7. The van der Waals surface area contributed by atoms with Gasteiger partial charge in [-0.1, -0.05) is 37.3 Å². The van der Waals surface area contributed by atoms with Crippen molar-refractivity contribution in [2.75, 3.05) is 5.75 Å². The first-order valence-corrected chi connectivity index (χ1v) is 9.04. The van der Waals surface area contributed by atoms with Crippen molar-refractivity contribution in [2.45, 2.75) is 50.9 Å². The van der Waals surface area contributed by atoms with Crippen LogP contribution in [-0.4, -0.2) is 21.9 Å². The van der Waals surface area contributed by atoms with E-state index < -0.39 is 0 Å². The average molecular weight is 301 g/mol. The van der Waals surface area contributed by atoms with Gasteiger partial charge in [-0.15, -0.1) is 11.8 Å². The molecule has 0 spiro atoms. The molecule has 0 saturated heterocycles. The van der Waals surface area contributed by atoms with Crippen molar-refractivity contribution in [2.24, 2.45) is 0 Å². The summed E-state index contributed by atoms with van der Waals surface area (Å²) < 4.78 is 0. The minimum atomic E-state index is 0.285. The van der Waals surface area contributed by atoms with Crippen LogP contribution in [0.5, 0.6) is 0 Å². The molecule has 0 aromatic heterocycles. The molecule has 3 rings (SSSR count). The van der Waals surface area contributed by atoms with Crippen molar-refractivity contribution in [3.05, 3.63) is 47.0 Å². The standard InChI is InChI=1S/C18H23NOS/c1-2-12-21-18-16-11-7-6-10-15(16)17(20)19(18)13-14-8-4-3-5-9-14/h3-5,8-9,18H,2,6-7,10-13H2,1H3/t18-/m0/s1. The second kappa shape index (κ2) is 6.69. The average Bonchev–Trinajstić information content (AvgIpc) is 2.79. The monoisotopic (exact) mass is 301 g/mol. The molecule has 2 nitrogen and oxygen atoms in total. The van der Waals surface area contributed by atoms with Gasteiger partial charge in [0.05, 0.1) is 0 Å². The molecular formula is C18H23NOS. The molecule has 1 aromatic carbocycles. The van der Waals surface area contributed by atoms with Crippen molar-refractivity contribution in [3.8, 4) is 0 Å². The van der Waals surface area contributed by atoms with E-state index in [9.17, 15) is 4.79 Å². The summed E-state index contributed by atoms with van der Waals surface area (Å²) in [6.07, 6.45) is 5.69. The number of rotatable bonds is 5. The Balaban J connectivity index is 1.82. The van der Waals surface area contributed by atoms with E-state index in [-0.39, 0.29) is 5.37 Å². The quantitative estimate of drug-likeness (QED) is 0.805. The molecule has 0 N–H and O–H groups in total. The summed E-state index contributed by atoms with van der Waals surface area (Å²) in [6, 6.07) is 10.4. The van der Waals surface area contributed by atoms with Crippen LogP contribution in [0.4, 0.5) is 0 Å². The Kier molecular flexibility index (Phi) is 4.69. The van der Waals surface area contributed by atoms with Gasteiger partial charge in [-0.3, -0.25) is 4.79 Å². The molecule has 3 heteroatoms. The van der Waals surface area contributed by atoms with Gasteiger partial charge in [0.1, 0.15) is 5.37 Å². The zero-order valence-corrected chi connectivity index (χ0v) is 13.5. The van der Waals surface area contributed by atoms with E-state index >= 15 is 0 Å². The summed E-state index contributed by atoms with van der Waals surface area (Å²) in [6.45, 7) is 2.95. The van der Waals surface area contributed by atoms with Gasteiger partial charge in [0.25, 0.3) is 5.91 Å². The summed E-state index contributed by atoms with van der Waals surface area (Å²) in [7, 11) is 0. The van der Waals surface area contributed by atoms with Crippen molar-refractivity contribution >= 4 is 17.7 Å². The largest absolute Gasteiger partial charge is 0.319 e. The van der Waals surface area contributed by atoms with Gasteiger partial charge < -0.3 is 4.90 Å². The van der Waals surface area contributed by atoms with E-state index in [1.165, 1.54) is 24.0 Å². The molecule has 1 heterocycles. The van der Waals surface area contributed by atoms with E-state index in [1.807, 2.05) is 17.8 Å². The normalized spacial score (nSPS) is 21.9. The third-order valence-corrected chi connectivity index (χ3v) is 5.78. The Labute approximate surface area is 131 Å². The van der Waals surface area contributed by atoms with Gasteiger partial charge in [0, 0.05) is 12.1 Å². The molecule has 0 radical (unpaired) electrons. The minimum absolute atomic E-state index is 0.285. The van der Waals surface area contributed by atoms with Crippen LogP contribution in [0.2, 0.25) is 0 Å². The first-order chi connectivity index (χ1) is 10.3. The first kappa shape index (κ1) is 14.7. The van der Waals surface area contributed by atoms with Crippen LogP contribution in [-0.2, 0) is 11.3 Å². The van der Waals surface area contributed by atoms with E-state index in [2.05, 4.69) is 36.1 Å². The van der Waals surface area contributed by atoms with Gasteiger partial charge in [0.15, 0.2) is 0 Å². The highest BCUT2D eigenvalue weighted by Gasteiger charge is 2.39. The predicted octanol–water partition coefficient (Wildman–Crippen LogP) is 4.37. The van der Waals surface area contributed by atoms with Crippen LogP contribution in [0.1, 0.15) is 44.6 Å². The van der Waals surface area contributed by atoms with E-state index in [0.29, 0.717) is 5.91 Å². The predicted molar refractivity (Wildman–Crippen MR) is 89.0 cm³/mol. The lowest BCUT2D eigenvalue weighted by molar-refractivity contribution is -0.126. The third kappa shape index (κ3) is 3.03. The Hall–Kier alpha value is -1.22. The summed E-state index contributed by atoms with van der Waals surface area (Å²) in [4.78, 5) is 14.9. The van der Waals surface area contributed by atoms with Crippen LogP contribution in [0.25, 0.3) is 0 Å². The molecule has 0 fully saturated rings.